The Morgan fingerprint density at radius 1 is 1.10 bits per heavy atom. The molecule has 6 nitrogen and oxygen atoms in total. The van der Waals surface area contributed by atoms with Crippen LogP contribution in [0.2, 0.25) is 0 Å². The minimum atomic E-state index is -0.831. The molecular weight excluding hydrogens is 385 g/mol. The molecule has 0 spiro atoms. The van der Waals surface area contributed by atoms with Crippen molar-refractivity contribution in [3.63, 3.8) is 0 Å². The van der Waals surface area contributed by atoms with Gasteiger partial charge in [0.15, 0.2) is 0 Å². The zero-order valence-corrected chi connectivity index (χ0v) is 16.7. The molecule has 1 aliphatic rings. The highest BCUT2D eigenvalue weighted by atomic mass is 19.1. The Morgan fingerprint density at radius 3 is 2.63 bits per heavy atom. The van der Waals surface area contributed by atoms with Crippen molar-refractivity contribution >= 4 is 22.9 Å². The second kappa shape index (κ2) is 8.65. The van der Waals surface area contributed by atoms with Gasteiger partial charge in [-0.25, -0.2) is 9.37 Å². The van der Waals surface area contributed by atoms with E-state index >= 15 is 0 Å². The van der Waals surface area contributed by atoms with Gasteiger partial charge >= 0.3 is 5.97 Å². The lowest BCUT2D eigenvalue weighted by molar-refractivity contribution is -0.137. The third-order valence-corrected chi connectivity index (χ3v) is 5.65. The number of rotatable bonds is 7. The van der Waals surface area contributed by atoms with Crippen LogP contribution in [0.4, 0.5) is 4.39 Å². The molecule has 3 heterocycles. The lowest BCUT2D eigenvalue weighted by Crippen LogP contribution is -2.36. The molecule has 0 aliphatic carbocycles. The second-order valence-corrected chi connectivity index (χ2v) is 7.68. The number of halogens is 1. The summed E-state index contributed by atoms with van der Waals surface area (Å²) < 4.78 is 15.4. The van der Waals surface area contributed by atoms with E-state index in [1.165, 1.54) is 17.7 Å². The van der Waals surface area contributed by atoms with E-state index in [4.69, 9.17) is 5.11 Å². The van der Waals surface area contributed by atoms with E-state index in [9.17, 15) is 14.0 Å². The number of aromatic nitrogens is 2. The van der Waals surface area contributed by atoms with Crippen molar-refractivity contribution in [2.75, 3.05) is 6.54 Å². The lowest BCUT2D eigenvalue weighted by atomic mass is 10.0. The van der Waals surface area contributed by atoms with Crippen LogP contribution < -0.4 is 0 Å². The number of unbranched alkanes of at least 4 members (excludes halogenated alkanes) is 1. The van der Waals surface area contributed by atoms with Crippen LogP contribution >= 0.6 is 0 Å². The van der Waals surface area contributed by atoms with Gasteiger partial charge in [0.2, 0.25) is 5.91 Å². The van der Waals surface area contributed by atoms with Gasteiger partial charge in [-0.3, -0.25) is 9.59 Å². The van der Waals surface area contributed by atoms with Crippen LogP contribution in [0.5, 0.6) is 0 Å². The Bertz CT molecular complexity index is 1080. The molecule has 3 aromatic rings. The molecule has 0 unspecified atom stereocenters. The molecule has 7 heteroatoms. The van der Waals surface area contributed by atoms with Gasteiger partial charge in [-0.15, -0.1) is 0 Å². The lowest BCUT2D eigenvalue weighted by Gasteiger charge is -2.28. The minimum Gasteiger partial charge on any atom is -0.481 e. The number of carboxylic acid groups (broad SMARTS) is 1. The molecule has 0 atom stereocenters. The fourth-order valence-corrected chi connectivity index (χ4v) is 4.13. The first-order valence-electron chi connectivity index (χ1n) is 10.2. The van der Waals surface area contributed by atoms with Crippen molar-refractivity contribution in [2.24, 2.45) is 0 Å². The number of carbonyl (C=O) groups excluding carboxylic acids is 1. The molecule has 2 aromatic heterocycles. The van der Waals surface area contributed by atoms with Crippen LogP contribution in [0.3, 0.4) is 0 Å². The maximum atomic E-state index is 13.3. The number of nitrogens with zero attached hydrogens (tertiary/aromatic N) is 3. The molecule has 0 radical (unpaired) electrons. The van der Waals surface area contributed by atoms with Gasteiger partial charge in [-0.2, -0.15) is 0 Å². The Hall–Kier alpha value is -3.22. The van der Waals surface area contributed by atoms with Crippen molar-refractivity contribution in [3.8, 4) is 0 Å². The fraction of sp³-hybridized carbons (Fsp3) is 0.348. The van der Waals surface area contributed by atoms with Gasteiger partial charge in [-0.1, -0.05) is 12.1 Å². The molecule has 0 saturated carbocycles. The third-order valence-electron chi connectivity index (χ3n) is 5.65. The van der Waals surface area contributed by atoms with Crippen LogP contribution in [0.15, 0.2) is 42.6 Å². The van der Waals surface area contributed by atoms with E-state index in [0.29, 0.717) is 38.9 Å². The summed E-state index contributed by atoms with van der Waals surface area (Å²) in [5.74, 6) is -1.05. The summed E-state index contributed by atoms with van der Waals surface area (Å²) in [5.41, 5.74) is 4.13. The van der Waals surface area contributed by atoms with E-state index in [-0.39, 0.29) is 18.1 Å². The summed E-state index contributed by atoms with van der Waals surface area (Å²) in [6.07, 6.45) is 4.06. The van der Waals surface area contributed by atoms with Crippen LogP contribution in [-0.4, -0.2) is 38.0 Å². The molecule has 4 rings (SSSR count). The van der Waals surface area contributed by atoms with Crippen LogP contribution in [0.1, 0.15) is 42.5 Å². The smallest absolute Gasteiger partial charge is 0.303 e. The Labute approximate surface area is 173 Å². The number of carboxylic acids is 1. The molecule has 1 aliphatic heterocycles. The second-order valence-electron chi connectivity index (χ2n) is 7.68. The molecule has 156 valence electrons. The van der Waals surface area contributed by atoms with Crippen LogP contribution in [0, 0.1) is 5.82 Å². The van der Waals surface area contributed by atoms with Crippen molar-refractivity contribution in [1.82, 2.24) is 14.5 Å². The molecule has 1 amide bonds. The summed E-state index contributed by atoms with van der Waals surface area (Å²) in [4.78, 5) is 29.8. The summed E-state index contributed by atoms with van der Waals surface area (Å²) in [6, 6.07) is 10.4. The average molecular weight is 409 g/mol. The highest BCUT2D eigenvalue weighted by Gasteiger charge is 2.27. The molecule has 0 saturated heterocycles. The predicted octanol–water partition coefficient (Wildman–Crippen LogP) is 3.75. The first-order valence-corrected chi connectivity index (χ1v) is 10.2. The SMILES string of the molecule is O=C(O)CCCCC(=O)N1CCc2c(n(Cc3ccc(F)cc3)c3ncccc23)C1. The Morgan fingerprint density at radius 2 is 1.87 bits per heavy atom. The van der Waals surface area contributed by atoms with Crippen LogP contribution in [-0.2, 0) is 29.1 Å². The Kier molecular flexibility index (Phi) is 5.79. The predicted molar refractivity (Wildman–Crippen MR) is 110 cm³/mol. The fourth-order valence-electron chi connectivity index (χ4n) is 4.13. The zero-order chi connectivity index (χ0) is 21.1. The molecule has 0 bridgehead atoms. The first-order chi connectivity index (χ1) is 14.5. The van der Waals surface area contributed by atoms with Crippen molar-refractivity contribution in [2.45, 2.75) is 45.2 Å². The normalized spacial score (nSPS) is 13.4. The summed E-state index contributed by atoms with van der Waals surface area (Å²) in [6.45, 7) is 1.71. The Balaban J connectivity index is 1.57. The maximum absolute atomic E-state index is 13.3. The van der Waals surface area contributed by atoms with Gasteiger partial charge in [0.1, 0.15) is 11.5 Å². The average Bonchev–Trinajstić information content (AvgIpc) is 3.06. The number of carbonyl (C=O) groups is 2. The van der Waals surface area contributed by atoms with E-state index < -0.39 is 5.97 Å². The number of hydrogen-bond acceptors (Lipinski definition) is 3. The number of amides is 1. The van der Waals surface area contributed by atoms with Gasteiger partial charge in [-0.05, 0) is 54.7 Å². The molecule has 0 fully saturated rings. The van der Waals surface area contributed by atoms with E-state index in [0.717, 1.165) is 28.7 Å². The number of aliphatic carboxylic acids is 1. The first kappa shape index (κ1) is 20.1. The van der Waals surface area contributed by atoms with Crippen molar-refractivity contribution in [1.29, 1.82) is 0 Å². The molecule has 1 N–H and O–H groups in total. The molecule has 1 aromatic carbocycles. The monoisotopic (exact) mass is 409 g/mol. The van der Waals surface area contributed by atoms with Gasteiger partial charge in [0.05, 0.1) is 6.54 Å². The topological polar surface area (TPSA) is 75.4 Å². The van der Waals surface area contributed by atoms with E-state index in [1.54, 1.807) is 18.3 Å². The highest BCUT2D eigenvalue weighted by Crippen LogP contribution is 2.31. The molecule has 30 heavy (non-hydrogen) atoms. The highest BCUT2D eigenvalue weighted by molar-refractivity contribution is 5.84. The number of fused-ring (bicyclic) bond motifs is 3. The largest absolute Gasteiger partial charge is 0.481 e. The van der Waals surface area contributed by atoms with Gasteiger partial charge in [0.25, 0.3) is 0 Å². The van der Waals surface area contributed by atoms with Gasteiger partial charge in [0, 0.05) is 43.2 Å². The summed E-state index contributed by atoms with van der Waals surface area (Å²) in [7, 11) is 0. The van der Waals surface area contributed by atoms with E-state index in [1.807, 2.05) is 11.0 Å². The maximum Gasteiger partial charge on any atom is 0.303 e. The molecular formula is C23H24FN3O3. The minimum absolute atomic E-state index is 0.0533. The zero-order valence-electron chi connectivity index (χ0n) is 16.7. The van der Waals surface area contributed by atoms with E-state index in [2.05, 4.69) is 15.6 Å². The number of pyridine rings is 1. The number of hydrogen-bond donors (Lipinski definition) is 1. The summed E-state index contributed by atoms with van der Waals surface area (Å²) >= 11 is 0. The van der Waals surface area contributed by atoms with Crippen LogP contribution in [0.25, 0.3) is 11.0 Å². The summed E-state index contributed by atoms with van der Waals surface area (Å²) in [5, 5.41) is 9.85. The quantitative estimate of drug-likeness (QED) is 0.603. The third kappa shape index (κ3) is 4.20. The number of benzene rings is 1. The van der Waals surface area contributed by atoms with Gasteiger partial charge < -0.3 is 14.6 Å². The standard InChI is InChI=1S/C23H24FN3O3/c24-17-9-7-16(8-10-17)14-27-20-15-26(21(28)5-1-2-6-22(29)30)13-11-18(20)19-4-3-12-25-23(19)27/h3-4,7-10,12H,1-2,5-6,11,13-15H2,(H,29,30). The van der Waals surface area contributed by atoms with Crippen molar-refractivity contribution < 1.29 is 19.1 Å². The van der Waals surface area contributed by atoms with Crippen molar-refractivity contribution in [3.05, 3.63) is 65.2 Å².